The van der Waals surface area contributed by atoms with E-state index in [2.05, 4.69) is 4.90 Å². The number of amides is 1. The van der Waals surface area contributed by atoms with Crippen LogP contribution in [0.4, 0.5) is 0 Å². The molecule has 2 fully saturated rings. The fraction of sp³-hybridized carbons (Fsp3) is 0.632. The minimum absolute atomic E-state index is 0.0129. The predicted octanol–water partition coefficient (Wildman–Crippen LogP) is 1.65. The molecule has 1 unspecified atom stereocenters. The first kappa shape index (κ1) is 18.8. The highest BCUT2D eigenvalue weighted by atomic mass is 16.5. The normalized spacial score (nSPS) is 20.9. The van der Waals surface area contributed by atoms with Crippen LogP contribution in [0.25, 0.3) is 0 Å². The number of carbonyl (C=O) groups is 1. The third-order valence-electron chi connectivity index (χ3n) is 5.06. The summed E-state index contributed by atoms with van der Waals surface area (Å²) in [5.74, 6) is 1.47. The standard InChI is InChI=1S/C19H28N2O5/c1-23-16-11-14(12-17(24-2)18(16)25-3)19(22)21-8-6-20(7-9-21)13-15-5-4-10-26-15/h11-12,15H,4-10,13H2,1-3H3. The molecule has 1 atom stereocenters. The average molecular weight is 364 g/mol. The quantitative estimate of drug-likeness (QED) is 0.765. The van der Waals surface area contributed by atoms with Gasteiger partial charge in [-0.1, -0.05) is 0 Å². The van der Waals surface area contributed by atoms with Gasteiger partial charge in [0.1, 0.15) is 0 Å². The predicted molar refractivity (Wildman–Crippen MR) is 97.4 cm³/mol. The Bertz CT molecular complexity index is 597. The number of carbonyl (C=O) groups excluding carboxylic acids is 1. The second-order valence-electron chi connectivity index (χ2n) is 6.64. The van der Waals surface area contributed by atoms with Gasteiger partial charge in [-0.25, -0.2) is 0 Å². The van der Waals surface area contributed by atoms with Crippen molar-refractivity contribution in [1.29, 1.82) is 0 Å². The first-order valence-corrected chi connectivity index (χ1v) is 9.09. The Morgan fingerprint density at radius 3 is 2.23 bits per heavy atom. The zero-order valence-corrected chi connectivity index (χ0v) is 15.8. The van der Waals surface area contributed by atoms with Crippen molar-refractivity contribution in [2.75, 3.05) is 60.7 Å². The average Bonchev–Trinajstić information content (AvgIpc) is 3.19. The van der Waals surface area contributed by atoms with Crippen LogP contribution in [0.3, 0.4) is 0 Å². The minimum atomic E-state index is -0.0129. The summed E-state index contributed by atoms with van der Waals surface area (Å²) in [6.07, 6.45) is 2.65. The topological polar surface area (TPSA) is 60.5 Å². The Kier molecular flexibility index (Phi) is 6.21. The van der Waals surface area contributed by atoms with Crippen LogP contribution in [-0.2, 0) is 4.74 Å². The summed E-state index contributed by atoms with van der Waals surface area (Å²) in [7, 11) is 4.65. The molecule has 0 N–H and O–H groups in total. The van der Waals surface area contributed by atoms with Gasteiger partial charge in [0.15, 0.2) is 11.5 Å². The van der Waals surface area contributed by atoms with Crippen molar-refractivity contribution in [1.82, 2.24) is 9.80 Å². The van der Waals surface area contributed by atoms with Crippen LogP contribution in [0.5, 0.6) is 17.2 Å². The molecule has 3 rings (SSSR count). The Hall–Kier alpha value is -1.99. The fourth-order valence-corrected chi connectivity index (χ4v) is 3.60. The van der Waals surface area contributed by atoms with Crippen LogP contribution in [0, 0.1) is 0 Å². The summed E-state index contributed by atoms with van der Waals surface area (Å²) in [5.41, 5.74) is 0.548. The molecular weight excluding hydrogens is 336 g/mol. The minimum Gasteiger partial charge on any atom is -0.493 e. The van der Waals surface area contributed by atoms with E-state index in [-0.39, 0.29) is 5.91 Å². The van der Waals surface area contributed by atoms with Gasteiger partial charge in [-0.15, -0.1) is 0 Å². The molecule has 0 radical (unpaired) electrons. The molecule has 0 aromatic heterocycles. The van der Waals surface area contributed by atoms with Gasteiger partial charge in [-0.05, 0) is 25.0 Å². The maximum atomic E-state index is 12.9. The maximum Gasteiger partial charge on any atom is 0.254 e. The molecule has 2 saturated heterocycles. The lowest BCUT2D eigenvalue weighted by molar-refractivity contribution is 0.0432. The number of rotatable bonds is 6. The number of benzene rings is 1. The molecule has 26 heavy (non-hydrogen) atoms. The van der Waals surface area contributed by atoms with E-state index in [1.807, 2.05) is 4.90 Å². The van der Waals surface area contributed by atoms with Crippen molar-refractivity contribution in [2.24, 2.45) is 0 Å². The van der Waals surface area contributed by atoms with E-state index >= 15 is 0 Å². The Labute approximate surface area is 154 Å². The van der Waals surface area contributed by atoms with Crippen LogP contribution < -0.4 is 14.2 Å². The third-order valence-corrected chi connectivity index (χ3v) is 5.06. The van der Waals surface area contributed by atoms with Crippen molar-refractivity contribution < 1.29 is 23.7 Å². The van der Waals surface area contributed by atoms with Gasteiger partial charge in [0.25, 0.3) is 5.91 Å². The van der Waals surface area contributed by atoms with Crippen LogP contribution in [0.2, 0.25) is 0 Å². The van der Waals surface area contributed by atoms with Gasteiger partial charge in [0.2, 0.25) is 5.75 Å². The fourth-order valence-electron chi connectivity index (χ4n) is 3.60. The van der Waals surface area contributed by atoms with E-state index in [0.29, 0.717) is 42.0 Å². The SMILES string of the molecule is COc1cc(C(=O)N2CCN(CC3CCCO3)CC2)cc(OC)c1OC. The number of hydrogen-bond acceptors (Lipinski definition) is 6. The van der Waals surface area contributed by atoms with Crippen LogP contribution in [0.1, 0.15) is 23.2 Å². The Balaban J connectivity index is 1.64. The van der Waals surface area contributed by atoms with E-state index in [9.17, 15) is 4.79 Å². The molecule has 1 aromatic carbocycles. The number of hydrogen-bond donors (Lipinski definition) is 0. The molecule has 0 aliphatic carbocycles. The Morgan fingerprint density at radius 1 is 1.08 bits per heavy atom. The molecule has 1 aromatic rings. The van der Waals surface area contributed by atoms with Crippen molar-refractivity contribution >= 4 is 5.91 Å². The van der Waals surface area contributed by atoms with Gasteiger partial charge >= 0.3 is 0 Å². The first-order valence-electron chi connectivity index (χ1n) is 9.09. The highest BCUT2D eigenvalue weighted by molar-refractivity contribution is 5.95. The molecular formula is C19H28N2O5. The molecule has 7 nitrogen and oxygen atoms in total. The second kappa shape index (κ2) is 8.60. The van der Waals surface area contributed by atoms with Crippen molar-refractivity contribution in [3.05, 3.63) is 17.7 Å². The van der Waals surface area contributed by atoms with E-state index in [1.54, 1.807) is 33.5 Å². The lowest BCUT2D eigenvalue weighted by atomic mass is 10.1. The molecule has 2 aliphatic heterocycles. The van der Waals surface area contributed by atoms with Gasteiger partial charge in [0.05, 0.1) is 27.4 Å². The van der Waals surface area contributed by atoms with Crippen LogP contribution in [0.15, 0.2) is 12.1 Å². The summed E-state index contributed by atoms with van der Waals surface area (Å²) < 4.78 is 21.7. The summed E-state index contributed by atoms with van der Waals surface area (Å²) in [4.78, 5) is 17.2. The van der Waals surface area contributed by atoms with Gasteiger partial charge in [0, 0.05) is 44.9 Å². The number of nitrogens with zero attached hydrogens (tertiary/aromatic N) is 2. The van der Waals surface area contributed by atoms with Crippen molar-refractivity contribution in [3.8, 4) is 17.2 Å². The van der Waals surface area contributed by atoms with E-state index in [0.717, 1.165) is 39.1 Å². The van der Waals surface area contributed by atoms with Crippen molar-refractivity contribution in [2.45, 2.75) is 18.9 Å². The first-order chi connectivity index (χ1) is 12.7. The van der Waals surface area contributed by atoms with Crippen molar-refractivity contribution in [3.63, 3.8) is 0 Å². The highest BCUT2D eigenvalue weighted by Gasteiger charge is 2.26. The summed E-state index contributed by atoms with van der Waals surface area (Å²) in [5, 5.41) is 0. The van der Waals surface area contributed by atoms with Gasteiger partial charge < -0.3 is 23.8 Å². The molecule has 0 spiro atoms. The summed E-state index contributed by atoms with van der Waals surface area (Å²) in [6, 6.07) is 3.42. The number of ether oxygens (including phenoxy) is 4. The molecule has 2 aliphatic rings. The van der Waals surface area contributed by atoms with Crippen LogP contribution in [-0.4, -0.2) is 82.5 Å². The van der Waals surface area contributed by atoms with E-state index in [1.165, 1.54) is 0 Å². The molecule has 7 heteroatoms. The highest BCUT2D eigenvalue weighted by Crippen LogP contribution is 2.38. The third kappa shape index (κ3) is 4.04. The molecule has 1 amide bonds. The molecule has 0 saturated carbocycles. The van der Waals surface area contributed by atoms with Crippen LogP contribution >= 0.6 is 0 Å². The molecule has 2 heterocycles. The smallest absolute Gasteiger partial charge is 0.254 e. The van der Waals surface area contributed by atoms with Gasteiger partial charge in [-0.2, -0.15) is 0 Å². The maximum absolute atomic E-state index is 12.9. The lowest BCUT2D eigenvalue weighted by Crippen LogP contribution is -2.50. The number of methoxy groups -OCH3 is 3. The summed E-state index contributed by atoms with van der Waals surface area (Å²) >= 11 is 0. The molecule has 0 bridgehead atoms. The van der Waals surface area contributed by atoms with E-state index in [4.69, 9.17) is 18.9 Å². The largest absolute Gasteiger partial charge is 0.493 e. The molecule has 144 valence electrons. The number of piperazine rings is 1. The van der Waals surface area contributed by atoms with Gasteiger partial charge in [-0.3, -0.25) is 9.69 Å². The van der Waals surface area contributed by atoms with E-state index < -0.39 is 0 Å². The zero-order valence-electron chi connectivity index (χ0n) is 15.8. The monoisotopic (exact) mass is 364 g/mol. The lowest BCUT2D eigenvalue weighted by Gasteiger charge is -2.35. The zero-order chi connectivity index (χ0) is 18.5. The summed E-state index contributed by atoms with van der Waals surface area (Å²) in [6.45, 7) is 5.01. The Morgan fingerprint density at radius 2 is 1.73 bits per heavy atom. The second-order valence-corrected chi connectivity index (χ2v) is 6.64.